The fourth-order valence-electron chi connectivity index (χ4n) is 1.90. The standard InChI is InChI=1S/C15H28N2O3/c1-7-10-17(15(4,5)6)14(20)16(12(2)3)11-8-9-13(18)19/h7,12H,1,8-11H2,2-6H3,(H,18,19). The van der Waals surface area contributed by atoms with Crippen LogP contribution in [0.2, 0.25) is 0 Å². The molecule has 0 aliphatic heterocycles. The van der Waals surface area contributed by atoms with Crippen molar-refractivity contribution in [3.05, 3.63) is 12.7 Å². The first-order chi connectivity index (χ1) is 9.11. The normalized spacial score (nSPS) is 11.3. The molecule has 0 saturated heterocycles. The van der Waals surface area contributed by atoms with Crippen LogP contribution in [0.5, 0.6) is 0 Å². The molecule has 0 aliphatic carbocycles. The van der Waals surface area contributed by atoms with E-state index in [2.05, 4.69) is 6.58 Å². The Balaban J connectivity index is 4.91. The molecule has 0 spiro atoms. The van der Waals surface area contributed by atoms with Crippen molar-refractivity contribution in [1.82, 2.24) is 9.80 Å². The molecule has 0 atom stereocenters. The van der Waals surface area contributed by atoms with Crippen LogP contribution in [0.1, 0.15) is 47.5 Å². The number of urea groups is 1. The fraction of sp³-hybridized carbons (Fsp3) is 0.733. The van der Waals surface area contributed by atoms with Gasteiger partial charge in [-0.3, -0.25) is 4.79 Å². The van der Waals surface area contributed by atoms with Crippen LogP contribution >= 0.6 is 0 Å². The lowest BCUT2D eigenvalue weighted by Crippen LogP contribution is -2.53. The highest BCUT2D eigenvalue weighted by molar-refractivity contribution is 5.76. The first kappa shape index (κ1) is 18.5. The van der Waals surface area contributed by atoms with E-state index >= 15 is 0 Å². The van der Waals surface area contributed by atoms with Gasteiger partial charge in [0.2, 0.25) is 0 Å². The number of nitrogens with zero attached hydrogens (tertiary/aromatic N) is 2. The summed E-state index contributed by atoms with van der Waals surface area (Å²) in [5, 5.41) is 8.70. The summed E-state index contributed by atoms with van der Waals surface area (Å²) in [6.45, 7) is 14.4. The van der Waals surface area contributed by atoms with Crippen LogP contribution in [-0.2, 0) is 4.79 Å². The van der Waals surface area contributed by atoms with E-state index in [1.807, 2.05) is 34.6 Å². The van der Waals surface area contributed by atoms with E-state index in [1.165, 1.54) is 0 Å². The Hall–Kier alpha value is -1.52. The Morgan fingerprint density at radius 3 is 2.20 bits per heavy atom. The van der Waals surface area contributed by atoms with Gasteiger partial charge in [0.15, 0.2) is 0 Å². The quantitative estimate of drug-likeness (QED) is 0.731. The maximum absolute atomic E-state index is 12.7. The van der Waals surface area contributed by atoms with E-state index in [9.17, 15) is 9.59 Å². The monoisotopic (exact) mass is 284 g/mol. The minimum Gasteiger partial charge on any atom is -0.481 e. The second-order valence-corrected chi connectivity index (χ2v) is 6.14. The second-order valence-electron chi connectivity index (χ2n) is 6.14. The van der Waals surface area contributed by atoms with Crippen LogP contribution in [0, 0.1) is 0 Å². The summed E-state index contributed by atoms with van der Waals surface area (Å²) in [5.74, 6) is -0.833. The Kier molecular flexibility index (Phi) is 7.32. The molecule has 0 radical (unpaired) electrons. The number of hydrogen-bond acceptors (Lipinski definition) is 2. The summed E-state index contributed by atoms with van der Waals surface area (Å²) in [7, 11) is 0. The van der Waals surface area contributed by atoms with Gasteiger partial charge in [-0.1, -0.05) is 6.08 Å². The summed E-state index contributed by atoms with van der Waals surface area (Å²) in [4.78, 5) is 26.7. The lowest BCUT2D eigenvalue weighted by Gasteiger charge is -2.40. The van der Waals surface area contributed by atoms with Crippen LogP contribution < -0.4 is 0 Å². The van der Waals surface area contributed by atoms with Crippen LogP contribution in [0.3, 0.4) is 0 Å². The average Bonchev–Trinajstić information content (AvgIpc) is 2.28. The van der Waals surface area contributed by atoms with Gasteiger partial charge in [0.25, 0.3) is 0 Å². The topological polar surface area (TPSA) is 60.9 Å². The number of carbonyl (C=O) groups is 2. The minimum absolute atomic E-state index is 0.0333. The molecule has 0 aromatic carbocycles. The van der Waals surface area contributed by atoms with E-state index in [0.29, 0.717) is 19.5 Å². The smallest absolute Gasteiger partial charge is 0.320 e. The minimum atomic E-state index is -0.833. The van der Waals surface area contributed by atoms with Crippen LogP contribution in [0.4, 0.5) is 4.79 Å². The van der Waals surface area contributed by atoms with Crippen LogP contribution in [0.25, 0.3) is 0 Å². The predicted octanol–water partition coefficient (Wildman–Crippen LogP) is 2.97. The van der Waals surface area contributed by atoms with Gasteiger partial charge in [-0.15, -0.1) is 6.58 Å². The van der Waals surface area contributed by atoms with Crippen molar-refractivity contribution in [2.24, 2.45) is 0 Å². The zero-order valence-electron chi connectivity index (χ0n) is 13.3. The third kappa shape index (κ3) is 6.08. The number of aliphatic carboxylic acids is 1. The average molecular weight is 284 g/mol. The first-order valence-corrected chi connectivity index (χ1v) is 7.02. The summed E-state index contributed by atoms with van der Waals surface area (Å²) in [5.41, 5.74) is -0.300. The highest BCUT2D eigenvalue weighted by atomic mass is 16.4. The van der Waals surface area contributed by atoms with Crippen molar-refractivity contribution in [3.8, 4) is 0 Å². The maximum atomic E-state index is 12.7. The number of hydrogen-bond donors (Lipinski definition) is 1. The Morgan fingerprint density at radius 2 is 1.85 bits per heavy atom. The van der Waals surface area contributed by atoms with Gasteiger partial charge in [-0.2, -0.15) is 0 Å². The zero-order chi connectivity index (χ0) is 15.9. The van der Waals surface area contributed by atoms with E-state index in [-0.39, 0.29) is 24.0 Å². The van der Waals surface area contributed by atoms with Crippen LogP contribution in [0.15, 0.2) is 12.7 Å². The molecule has 0 rings (SSSR count). The highest BCUT2D eigenvalue weighted by Crippen LogP contribution is 2.17. The zero-order valence-corrected chi connectivity index (χ0v) is 13.3. The molecule has 0 fully saturated rings. The molecule has 0 unspecified atom stereocenters. The van der Waals surface area contributed by atoms with E-state index < -0.39 is 5.97 Å². The summed E-state index contributed by atoms with van der Waals surface area (Å²) in [6.07, 6.45) is 2.25. The number of amides is 2. The van der Waals surface area contributed by atoms with E-state index in [4.69, 9.17) is 5.11 Å². The molecule has 0 bridgehead atoms. The molecular formula is C15H28N2O3. The van der Waals surface area contributed by atoms with Gasteiger partial charge in [-0.05, 0) is 41.0 Å². The molecule has 0 aromatic rings. The number of rotatable bonds is 7. The second kappa shape index (κ2) is 7.92. The fourth-order valence-corrected chi connectivity index (χ4v) is 1.90. The lowest BCUT2D eigenvalue weighted by molar-refractivity contribution is -0.137. The van der Waals surface area contributed by atoms with Gasteiger partial charge in [0.1, 0.15) is 0 Å². The van der Waals surface area contributed by atoms with Gasteiger partial charge in [-0.25, -0.2) is 4.79 Å². The molecule has 1 N–H and O–H groups in total. The summed E-state index contributed by atoms with van der Waals surface area (Å²) in [6, 6.07) is -0.0382. The third-order valence-electron chi connectivity index (χ3n) is 3.01. The van der Waals surface area contributed by atoms with E-state index in [0.717, 1.165) is 0 Å². The SMILES string of the molecule is C=CCN(C(=O)N(CCCC(=O)O)C(C)C)C(C)(C)C. The predicted molar refractivity (Wildman–Crippen MR) is 80.8 cm³/mol. The molecule has 5 heteroatoms. The lowest BCUT2D eigenvalue weighted by atomic mass is 10.1. The molecule has 116 valence electrons. The van der Waals surface area contributed by atoms with Crippen molar-refractivity contribution in [1.29, 1.82) is 0 Å². The molecule has 2 amide bonds. The van der Waals surface area contributed by atoms with Gasteiger partial charge in [0.05, 0.1) is 0 Å². The van der Waals surface area contributed by atoms with Crippen LogP contribution in [-0.4, -0.2) is 51.6 Å². The van der Waals surface area contributed by atoms with Gasteiger partial charge >= 0.3 is 12.0 Å². The maximum Gasteiger partial charge on any atom is 0.320 e. The van der Waals surface area contributed by atoms with Gasteiger partial charge in [0, 0.05) is 31.1 Å². The molecule has 5 nitrogen and oxygen atoms in total. The Morgan fingerprint density at radius 1 is 1.30 bits per heavy atom. The molecule has 0 aromatic heterocycles. The third-order valence-corrected chi connectivity index (χ3v) is 3.01. The largest absolute Gasteiger partial charge is 0.481 e. The molecule has 0 saturated carbocycles. The van der Waals surface area contributed by atoms with Crippen molar-refractivity contribution >= 4 is 12.0 Å². The molecule has 0 aliphatic rings. The molecule has 0 heterocycles. The Bertz CT molecular complexity index is 346. The molecule has 20 heavy (non-hydrogen) atoms. The van der Waals surface area contributed by atoms with Crippen molar-refractivity contribution in [3.63, 3.8) is 0 Å². The Labute approximate surface area is 122 Å². The number of carboxylic acids is 1. The van der Waals surface area contributed by atoms with Crippen molar-refractivity contribution in [2.75, 3.05) is 13.1 Å². The summed E-state index contributed by atoms with van der Waals surface area (Å²) >= 11 is 0. The summed E-state index contributed by atoms with van der Waals surface area (Å²) < 4.78 is 0. The molecular weight excluding hydrogens is 256 g/mol. The number of carboxylic acid groups (broad SMARTS) is 1. The number of carbonyl (C=O) groups excluding carboxylic acids is 1. The highest BCUT2D eigenvalue weighted by Gasteiger charge is 2.30. The first-order valence-electron chi connectivity index (χ1n) is 7.02. The van der Waals surface area contributed by atoms with Gasteiger partial charge < -0.3 is 14.9 Å². The van der Waals surface area contributed by atoms with Crippen molar-refractivity contribution in [2.45, 2.75) is 59.0 Å². The van der Waals surface area contributed by atoms with Crippen molar-refractivity contribution < 1.29 is 14.7 Å². The van der Waals surface area contributed by atoms with E-state index in [1.54, 1.807) is 15.9 Å².